The number of nitrogens with zero attached hydrogens (tertiary/aromatic N) is 1. The van der Waals surface area contributed by atoms with Crippen molar-refractivity contribution >= 4 is 23.8 Å². The Morgan fingerprint density at radius 1 is 1.41 bits per heavy atom. The molecule has 0 spiro atoms. The molecular formula is C12H12ClFN2S. The second kappa shape index (κ2) is 4.63. The Bertz CT molecular complexity index is 601. The van der Waals surface area contributed by atoms with E-state index in [1.165, 1.54) is 12.1 Å². The normalized spacial score (nSPS) is 11.1. The predicted octanol–water partition coefficient (Wildman–Crippen LogP) is 4.45. The van der Waals surface area contributed by atoms with Crippen LogP contribution >= 0.6 is 23.8 Å². The predicted molar refractivity (Wildman–Crippen MR) is 70.0 cm³/mol. The van der Waals surface area contributed by atoms with Crippen molar-refractivity contribution in [2.24, 2.45) is 0 Å². The van der Waals surface area contributed by atoms with Crippen LogP contribution in [0.15, 0.2) is 24.4 Å². The van der Waals surface area contributed by atoms with Gasteiger partial charge in [0.15, 0.2) is 4.77 Å². The van der Waals surface area contributed by atoms with E-state index < -0.39 is 0 Å². The van der Waals surface area contributed by atoms with Crippen LogP contribution in [0.25, 0.3) is 5.69 Å². The molecule has 90 valence electrons. The fourth-order valence-corrected chi connectivity index (χ4v) is 2.14. The van der Waals surface area contributed by atoms with Gasteiger partial charge in [-0.1, -0.05) is 25.4 Å². The fourth-order valence-electron chi connectivity index (χ4n) is 1.71. The van der Waals surface area contributed by atoms with Crippen LogP contribution in [-0.4, -0.2) is 9.55 Å². The molecule has 0 unspecified atom stereocenters. The zero-order valence-electron chi connectivity index (χ0n) is 9.50. The second-order valence-corrected chi connectivity index (χ2v) is 4.93. The summed E-state index contributed by atoms with van der Waals surface area (Å²) in [4.78, 5) is 2.93. The van der Waals surface area contributed by atoms with Crippen molar-refractivity contribution in [3.63, 3.8) is 0 Å². The number of nitrogens with one attached hydrogen (secondary N) is 1. The SMILES string of the molecule is CC(C)c1c[nH]c(=S)n1-c1cc(Cl)ccc1F. The van der Waals surface area contributed by atoms with Gasteiger partial charge in [0, 0.05) is 16.9 Å². The van der Waals surface area contributed by atoms with E-state index in [0.29, 0.717) is 15.5 Å². The monoisotopic (exact) mass is 270 g/mol. The average molecular weight is 271 g/mol. The summed E-state index contributed by atoms with van der Waals surface area (Å²) in [5.41, 5.74) is 1.31. The smallest absolute Gasteiger partial charge is 0.182 e. The van der Waals surface area contributed by atoms with Crippen LogP contribution in [-0.2, 0) is 0 Å². The first-order valence-corrected chi connectivity index (χ1v) is 6.05. The fraction of sp³-hybridized carbons (Fsp3) is 0.250. The van der Waals surface area contributed by atoms with Gasteiger partial charge in [0.1, 0.15) is 5.82 Å². The molecule has 1 heterocycles. The van der Waals surface area contributed by atoms with Gasteiger partial charge in [-0.15, -0.1) is 0 Å². The van der Waals surface area contributed by atoms with Gasteiger partial charge in [-0.05, 0) is 36.3 Å². The quantitative estimate of drug-likeness (QED) is 0.800. The summed E-state index contributed by atoms with van der Waals surface area (Å²) in [5.74, 6) is -0.103. The van der Waals surface area contributed by atoms with Gasteiger partial charge in [0.05, 0.1) is 5.69 Å². The molecule has 0 aliphatic rings. The lowest BCUT2D eigenvalue weighted by Gasteiger charge is -2.12. The highest BCUT2D eigenvalue weighted by molar-refractivity contribution is 7.71. The van der Waals surface area contributed by atoms with Crippen LogP contribution < -0.4 is 0 Å². The molecule has 0 bridgehead atoms. The Kier molecular flexibility index (Phi) is 3.35. The molecule has 0 aliphatic carbocycles. The van der Waals surface area contributed by atoms with Crippen LogP contribution in [0.1, 0.15) is 25.5 Å². The number of rotatable bonds is 2. The number of halogens is 2. The molecule has 5 heteroatoms. The van der Waals surface area contributed by atoms with E-state index in [2.05, 4.69) is 4.98 Å². The van der Waals surface area contributed by atoms with Gasteiger partial charge >= 0.3 is 0 Å². The van der Waals surface area contributed by atoms with Crippen molar-refractivity contribution in [2.45, 2.75) is 19.8 Å². The maximum Gasteiger partial charge on any atom is 0.182 e. The molecule has 0 aliphatic heterocycles. The van der Waals surface area contributed by atoms with E-state index in [4.69, 9.17) is 23.8 Å². The highest BCUT2D eigenvalue weighted by Gasteiger charge is 2.13. The lowest BCUT2D eigenvalue weighted by molar-refractivity contribution is 0.612. The Morgan fingerprint density at radius 2 is 2.12 bits per heavy atom. The molecule has 1 aromatic carbocycles. The van der Waals surface area contributed by atoms with E-state index in [-0.39, 0.29) is 11.7 Å². The van der Waals surface area contributed by atoms with Crippen molar-refractivity contribution < 1.29 is 4.39 Å². The number of benzene rings is 1. The summed E-state index contributed by atoms with van der Waals surface area (Å²) >= 11 is 11.1. The van der Waals surface area contributed by atoms with Crippen LogP contribution in [0.5, 0.6) is 0 Å². The Labute approximate surface area is 109 Å². The molecular weight excluding hydrogens is 259 g/mol. The first kappa shape index (κ1) is 12.3. The zero-order valence-corrected chi connectivity index (χ0v) is 11.1. The van der Waals surface area contributed by atoms with Gasteiger partial charge in [0.25, 0.3) is 0 Å². The van der Waals surface area contributed by atoms with E-state index in [1.54, 1.807) is 16.8 Å². The minimum Gasteiger partial charge on any atom is -0.337 e. The summed E-state index contributed by atoms with van der Waals surface area (Å²) in [7, 11) is 0. The first-order chi connectivity index (χ1) is 8.00. The number of hydrogen-bond acceptors (Lipinski definition) is 1. The summed E-state index contributed by atoms with van der Waals surface area (Å²) in [6, 6.07) is 4.44. The van der Waals surface area contributed by atoms with Crippen LogP contribution in [0.2, 0.25) is 5.02 Å². The molecule has 0 radical (unpaired) electrons. The maximum absolute atomic E-state index is 13.8. The average Bonchev–Trinajstić information content (AvgIpc) is 2.64. The first-order valence-electron chi connectivity index (χ1n) is 5.26. The standard InChI is InChI=1S/C12H12ClFN2S/c1-7(2)11-6-15-12(17)16(11)10-5-8(13)3-4-9(10)14/h3-7H,1-2H3,(H,15,17). The maximum atomic E-state index is 13.8. The van der Waals surface area contributed by atoms with Crippen LogP contribution in [0.3, 0.4) is 0 Å². The number of hydrogen-bond donors (Lipinski definition) is 1. The lowest BCUT2D eigenvalue weighted by Crippen LogP contribution is -2.04. The number of H-pyrrole nitrogens is 1. The summed E-state index contributed by atoms with van der Waals surface area (Å²) < 4.78 is 16.0. The molecule has 2 nitrogen and oxygen atoms in total. The lowest BCUT2D eigenvalue weighted by atomic mass is 10.1. The van der Waals surface area contributed by atoms with E-state index in [9.17, 15) is 4.39 Å². The molecule has 1 aromatic heterocycles. The summed E-state index contributed by atoms with van der Waals surface area (Å²) in [5, 5.41) is 0.485. The van der Waals surface area contributed by atoms with Gasteiger partial charge < -0.3 is 4.98 Å². The molecule has 17 heavy (non-hydrogen) atoms. The van der Waals surface area contributed by atoms with Crippen molar-refractivity contribution in [1.82, 2.24) is 9.55 Å². The minimum atomic E-state index is -0.341. The minimum absolute atomic E-state index is 0.237. The van der Waals surface area contributed by atoms with Crippen molar-refractivity contribution in [3.05, 3.63) is 45.7 Å². The number of aromatic nitrogens is 2. The van der Waals surface area contributed by atoms with Crippen molar-refractivity contribution in [1.29, 1.82) is 0 Å². The molecule has 0 saturated heterocycles. The molecule has 2 aromatic rings. The molecule has 1 N–H and O–H groups in total. The zero-order chi connectivity index (χ0) is 12.6. The van der Waals surface area contributed by atoms with E-state index >= 15 is 0 Å². The van der Waals surface area contributed by atoms with Crippen LogP contribution in [0.4, 0.5) is 4.39 Å². The van der Waals surface area contributed by atoms with E-state index in [0.717, 1.165) is 5.69 Å². The number of aromatic amines is 1. The number of imidazole rings is 1. The Hall–Kier alpha value is -1.13. The highest BCUT2D eigenvalue weighted by atomic mass is 35.5. The van der Waals surface area contributed by atoms with Gasteiger partial charge in [-0.3, -0.25) is 4.57 Å². The van der Waals surface area contributed by atoms with Gasteiger partial charge in [0.2, 0.25) is 0 Å². The molecule has 0 fully saturated rings. The topological polar surface area (TPSA) is 20.7 Å². The third-order valence-corrected chi connectivity index (χ3v) is 3.08. The second-order valence-electron chi connectivity index (χ2n) is 4.10. The van der Waals surface area contributed by atoms with Gasteiger partial charge in [-0.2, -0.15) is 0 Å². The van der Waals surface area contributed by atoms with Gasteiger partial charge in [-0.25, -0.2) is 4.39 Å². The third kappa shape index (κ3) is 2.28. The van der Waals surface area contributed by atoms with Crippen molar-refractivity contribution in [2.75, 3.05) is 0 Å². The van der Waals surface area contributed by atoms with E-state index in [1.807, 2.05) is 13.8 Å². The summed E-state index contributed by atoms with van der Waals surface area (Å²) in [6.07, 6.45) is 1.80. The molecule has 2 rings (SSSR count). The Balaban J connectivity index is 2.72. The summed E-state index contributed by atoms with van der Waals surface area (Å²) in [6.45, 7) is 4.05. The molecule has 0 atom stereocenters. The molecule has 0 amide bonds. The van der Waals surface area contributed by atoms with Crippen LogP contribution in [0, 0.1) is 10.6 Å². The highest BCUT2D eigenvalue weighted by Crippen LogP contribution is 2.24. The third-order valence-electron chi connectivity index (χ3n) is 2.55. The molecule has 0 saturated carbocycles. The largest absolute Gasteiger partial charge is 0.337 e. The Morgan fingerprint density at radius 3 is 2.76 bits per heavy atom. The van der Waals surface area contributed by atoms with Crippen molar-refractivity contribution in [3.8, 4) is 5.69 Å².